The van der Waals surface area contributed by atoms with E-state index in [2.05, 4.69) is 4.72 Å². The van der Waals surface area contributed by atoms with Crippen LogP contribution < -0.4 is 10.5 Å². The molecule has 0 saturated heterocycles. The number of hydrogen-bond donors (Lipinski definition) is 2. The molecule has 1 aromatic carbocycles. The third-order valence-corrected chi connectivity index (χ3v) is 4.80. The molecule has 0 atom stereocenters. The van der Waals surface area contributed by atoms with Crippen LogP contribution in [0.4, 0.5) is 5.69 Å². The van der Waals surface area contributed by atoms with Crippen molar-refractivity contribution in [3.63, 3.8) is 0 Å². The number of nitrogens with one attached hydrogen (secondary N) is 1. The molecule has 3 N–H and O–H groups in total. The molecule has 18 heavy (non-hydrogen) atoms. The van der Waals surface area contributed by atoms with Gasteiger partial charge in [0.1, 0.15) is 0 Å². The van der Waals surface area contributed by atoms with Crippen LogP contribution >= 0.6 is 0 Å². The van der Waals surface area contributed by atoms with Gasteiger partial charge in [0.05, 0.1) is 4.90 Å². The smallest absolute Gasteiger partial charge is 0.241 e. The van der Waals surface area contributed by atoms with Crippen molar-refractivity contribution >= 4 is 15.7 Å². The lowest BCUT2D eigenvalue weighted by atomic mass is 10.0. The molecule has 1 rings (SSSR count). The van der Waals surface area contributed by atoms with E-state index in [1.54, 1.807) is 12.1 Å². The number of benzene rings is 1. The predicted octanol–water partition coefficient (Wildman–Crippen LogP) is 2.30. The Hall–Kier alpha value is -1.07. The topological polar surface area (TPSA) is 72.2 Å². The first-order chi connectivity index (χ1) is 8.22. The lowest BCUT2D eigenvalue weighted by Gasteiger charge is -2.24. The fraction of sp³-hybridized carbons (Fsp3) is 0.538. The number of sulfonamides is 1. The highest BCUT2D eigenvalue weighted by Crippen LogP contribution is 2.20. The van der Waals surface area contributed by atoms with Crippen molar-refractivity contribution in [2.45, 2.75) is 51.0 Å². The van der Waals surface area contributed by atoms with Gasteiger partial charge >= 0.3 is 0 Å². The summed E-state index contributed by atoms with van der Waals surface area (Å²) in [5, 5.41) is 0. The Morgan fingerprint density at radius 3 is 2.33 bits per heavy atom. The van der Waals surface area contributed by atoms with Crippen LogP contribution in [0.15, 0.2) is 23.1 Å². The second-order valence-electron chi connectivity index (χ2n) is 5.06. The monoisotopic (exact) mass is 270 g/mol. The number of aryl methyl sites for hydroxylation is 1. The molecule has 102 valence electrons. The van der Waals surface area contributed by atoms with Gasteiger partial charge in [0.25, 0.3) is 0 Å². The zero-order chi connectivity index (χ0) is 14.0. The van der Waals surface area contributed by atoms with Crippen LogP contribution in [-0.4, -0.2) is 14.0 Å². The van der Waals surface area contributed by atoms with E-state index in [0.717, 1.165) is 18.4 Å². The van der Waals surface area contributed by atoms with Crippen molar-refractivity contribution < 1.29 is 8.42 Å². The Kier molecular flexibility index (Phi) is 4.40. The van der Waals surface area contributed by atoms with Gasteiger partial charge in [-0.25, -0.2) is 13.1 Å². The van der Waals surface area contributed by atoms with Gasteiger partial charge in [0, 0.05) is 11.2 Å². The minimum absolute atomic E-state index is 0.221. The van der Waals surface area contributed by atoms with Crippen LogP contribution in [0.3, 0.4) is 0 Å². The molecule has 0 unspecified atom stereocenters. The van der Waals surface area contributed by atoms with Gasteiger partial charge in [0.15, 0.2) is 0 Å². The van der Waals surface area contributed by atoms with Crippen LogP contribution in [-0.2, 0) is 16.4 Å². The molecule has 0 aliphatic rings. The first-order valence-corrected chi connectivity index (χ1v) is 7.62. The van der Waals surface area contributed by atoms with E-state index < -0.39 is 15.6 Å². The van der Waals surface area contributed by atoms with E-state index in [1.807, 2.05) is 27.7 Å². The lowest BCUT2D eigenvalue weighted by molar-refractivity contribution is 0.439. The van der Waals surface area contributed by atoms with E-state index in [0.29, 0.717) is 5.69 Å². The van der Waals surface area contributed by atoms with E-state index in [4.69, 9.17) is 5.73 Å². The van der Waals surface area contributed by atoms with E-state index >= 15 is 0 Å². The molecule has 0 radical (unpaired) electrons. The average molecular weight is 270 g/mol. The largest absolute Gasteiger partial charge is 0.398 e. The molecule has 0 amide bonds. The molecule has 0 saturated carbocycles. The normalized spacial score (nSPS) is 12.7. The zero-order valence-electron chi connectivity index (χ0n) is 11.4. The molecule has 0 aliphatic carbocycles. The van der Waals surface area contributed by atoms with E-state index in [-0.39, 0.29) is 4.90 Å². The fourth-order valence-corrected chi connectivity index (χ4v) is 3.08. The summed E-state index contributed by atoms with van der Waals surface area (Å²) < 4.78 is 27.1. The van der Waals surface area contributed by atoms with Crippen molar-refractivity contribution in [2.75, 3.05) is 5.73 Å². The number of nitrogen functional groups attached to an aromatic ring is 1. The van der Waals surface area contributed by atoms with Crippen molar-refractivity contribution in [1.82, 2.24) is 4.72 Å². The SMILES string of the molecule is CCc1ccc(S(=O)(=O)NC(C)(C)CC)cc1N. The highest BCUT2D eigenvalue weighted by atomic mass is 32.2. The molecular formula is C13H22N2O2S. The van der Waals surface area contributed by atoms with Gasteiger partial charge in [-0.2, -0.15) is 0 Å². The molecule has 0 heterocycles. The second kappa shape index (κ2) is 5.28. The van der Waals surface area contributed by atoms with Gasteiger partial charge in [-0.05, 0) is 44.4 Å². The van der Waals surface area contributed by atoms with Crippen LogP contribution in [0, 0.1) is 0 Å². The molecule has 4 nitrogen and oxygen atoms in total. The quantitative estimate of drug-likeness (QED) is 0.806. The first kappa shape index (κ1) is 15.0. The third kappa shape index (κ3) is 3.46. The van der Waals surface area contributed by atoms with Crippen molar-refractivity contribution in [2.24, 2.45) is 0 Å². The third-order valence-electron chi connectivity index (χ3n) is 3.10. The van der Waals surface area contributed by atoms with E-state index in [1.165, 1.54) is 6.07 Å². The fourth-order valence-electron chi connectivity index (χ4n) is 1.56. The average Bonchev–Trinajstić information content (AvgIpc) is 2.27. The van der Waals surface area contributed by atoms with E-state index in [9.17, 15) is 8.42 Å². The lowest BCUT2D eigenvalue weighted by Crippen LogP contribution is -2.42. The second-order valence-corrected chi connectivity index (χ2v) is 6.74. The number of hydrogen-bond acceptors (Lipinski definition) is 3. The zero-order valence-corrected chi connectivity index (χ0v) is 12.3. The van der Waals surface area contributed by atoms with Gasteiger partial charge < -0.3 is 5.73 Å². The molecule has 0 bridgehead atoms. The standard InChI is InChI=1S/C13H22N2O2S/c1-5-10-7-8-11(9-12(10)14)18(16,17)15-13(3,4)6-2/h7-9,15H,5-6,14H2,1-4H3. The number of anilines is 1. The molecule has 0 aliphatic heterocycles. The summed E-state index contributed by atoms with van der Waals surface area (Å²) in [4.78, 5) is 0.221. The Labute approximate surface area is 110 Å². The van der Waals surface area contributed by atoms with Gasteiger partial charge in [-0.15, -0.1) is 0 Å². The molecule has 1 aromatic rings. The Balaban J connectivity index is 3.10. The molecule has 5 heteroatoms. The highest BCUT2D eigenvalue weighted by molar-refractivity contribution is 7.89. The maximum Gasteiger partial charge on any atom is 0.241 e. The van der Waals surface area contributed by atoms with Crippen LogP contribution in [0.2, 0.25) is 0 Å². The predicted molar refractivity (Wildman–Crippen MR) is 74.9 cm³/mol. The Bertz CT molecular complexity index is 522. The minimum Gasteiger partial charge on any atom is -0.398 e. The van der Waals surface area contributed by atoms with Crippen molar-refractivity contribution in [3.8, 4) is 0 Å². The van der Waals surface area contributed by atoms with Crippen molar-refractivity contribution in [1.29, 1.82) is 0 Å². The maximum atomic E-state index is 12.2. The summed E-state index contributed by atoms with van der Waals surface area (Å²) >= 11 is 0. The van der Waals surface area contributed by atoms with Crippen LogP contribution in [0.5, 0.6) is 0 Å². The molecule has 0 spiro atoms. The highest BCUT2D eigenvalue weighted by Gasteiger charge is 2.24. The van der Waals surface area contributed by atoms with Gasteiger partial charge in [-0.1, -0.05) is 19.9 Å². The summed E-state index contributed by atoms with van der Waals surface area (Å²) in [5.41, 5.74) is 6.86. The number of nitrogens with two attached hydrogens (primary N) is 1. The molecular weight excluding hydrogens is 248 g/mol. The Morgan fingerprint density at radius 2 is 1.89 bits per heavy atom. The number of rotatable bonds is 5. The van der Waals surface area contributed by atoms with Gasteiger partial charge in [-0.3, -0.25) is 0 Å². The minimum atomic E-state index is -3.51. The summed E-state index contributed by atoms with van der Waals surface area (Å²) in [6, 6.07) is 4.89. The summed E-state index contributed by atoms with van der Waals surface area (Å²) in [6.07, 6.45) is 1.51. The van der Waals surface area contributed by atoms with Crippen LogP contribution in [0.1, 0.15) is 39.7 Å². The van der Waals surface area contributed by atoms with Gasteiger partial charge in [0.2, 0.25) is 10.0 Å². The molecule has 0 fully saturated rings. The summed E-state index contributed by atoms with van der Waals surface area (Å²) in [7, 11) is -3.51. The summed E-state index contributed by atoms with van der Waals surface area (Å²) in [6.45, 7) is 7.64. The van der Waals surface area contributed by atoms with Crippen LogP contribution in [0.25, 0.3) is 0 Å². The summed E-state index contributed by atoms with van der Waals surface area (Å²) in [5.74, 6) is 0. The maximum absolute atomic E-state index is 12.2. The Morgan fingerprint density at radius 1 is 1.28 bits per heavy atom. The van der Waals surface area contributed by atoms with Crippen molar-refractivity contribution in [3.05, 3.63) is 23.8 Å². The molecule has 0 aromatic heterocycles. The first-order valence-electron chi connectivity index (χ1n) is 6.14.